The number of hydrogen-bond acceptors (Lipinski definition) is 3. The van der Waals surface area contributed by atoms with Crippen molar-refractivity contribution in [3.8, 4) is 0 Å². The lowest BCUT2D eigenvalue weighted by Crippen LogP contribution is -2.54. The second-order valence-electron chi connectivity index (χ2n) is 2.87. The van der Waals surface area contributed by atoms with Crippen molar-refractivity contribution in [3.05, 3.63) is 0 Å². The molecule has 2 aliphatic rings. The standard InChI is InChI=1S/C7H14N2O.2ClH/c1-2-8(3-1)9-4-6-10-7-5-9;;/h1-7H2;2*1H. The van der Waals surface area contributed by atoms with Crippen LogP contribution in [0.5, 0.6) is 0 Å². The van der Waals surface area contributed by atoms with Crippen LogP contribution < -0.4 is 0 Å². The van der Waals surface area contributed by atoms with Gasteiger partial charge < -0.3 is 4.74 Å². The largest absolute Gasteiger partial charge is 0.379 e. The van der Waals surface area contributed by atoms with Gasteiger partial charge in [0.1, 0.15) is 0 Å². The summed E-state index contributed by atoms with van der Waals surface area (Å²) >= 11 is 0. The third kappa shape index (κ3) is 2.75. The molecule has 0 unspecified atom stereocenters. The molecule has 2 saturated heterocycles. The van der Waals surface area contributed by atoms with Gasteiger partial charge in [-0.3, -0.25) is 0 Å². The first kappa shape index (κ1) is 12.5. The van der Waals surface area contributed by atoms with Crippen LogP contribution in [0.1, 0.15) is 6.42 Å². The topological polar surface area (TPSA) is 15.7 Å². The number of hydrazine groups is 1. The van der Waals surface area contributed by atoms with E-state index in [9.17, 15) is 0 Å². The number of halogens is 2. The van der Waals surface area contributed by atoms with Crippen molar-refractivity contribution in [2.75, 3.05) is 39.4 Å². The summed E-state index contributed by atoms with van der Waals surface area (Å²) in [6.45, 7) is 6.55. The normalized spacial score (nSPS) is 25.0. The zero-order valence-electron chi connectivity index (χ0n) is 7.07. The van der Waals surface area contributed by atoms with Crippen LogP contribution in [0.15, 0.2) is 0 Å². The Morgan fingerprint density at radius 2 is 1.25 bits per heavy atom. The van der Waals surface area contributed by atoms with Gasteiger partial charge in [-0.05, 0) is 6.42 Å². The quantitative estimate of drug-likeness (QED) is 0.643. The Morgan fingerprint density at radius 3 is 1.67 bits per heavy atom. The Kier molecular flexibility index (Phi) is 6.23. The van der Waals surface area contributed by atoms with E-state index in [1.54, 1.807) is 0 Å². The molecule has 2 aliphatic heterocycles. The molecule has 74 valence electrons. The van der Waals surface area contributed by atoms with Crippen molar-refractivity contribution in [1.82, 2.24) is 10.0 Å². The SMILES string of the molecule is C1CN(N2CCOCC2)C1.Cl.Cl. The minimum absolute atomic E-state index is 0. The summed E-state index contributed by atoms with van der Waals surface area (Å²) in [5, 5.41) is 4.83. The second kappa shape index (κ2) is 6.00. The number of rotatable bonds is 1. The fourth-order valence-electron chi connectivity index (χ4n) is 1.42. The average molecular weight is 215 g/mol. The minimum atomic E-state index is 0. The van der Waals surface area contributed by atoms with Crippen LogP contribution in [0, 0.1) is 0 Å². The summed E-state index contributed by atoms with van der Waals surface area (Å²) < 4.78 is 5.25. The van der Waals surface area contributed by atoms with E-state index in [-0.39, 0.29) is 24.8 Å². The van der Waals surface area contributed by atoms with E-state index in [0.717, 1.165) is 26.3 Å². The molecule has 0 saturated carbocycles. The Balaban J connectivity index is 0.000000605. The van der Waals surface area contributed by atoms with Gasteiger partial charge in [0.25, 0.3) is 0 Å². The molecule has 0 aromatic rings. The summed E-state index contributed by atoms with van der Waals surface area (Å²) in [6, 6.07) is 0. The van der Waals surface area contributed by atoms with Crippen LogP contribution in [0.25, 0.3) is 0 Å². The summed E-state index contributed by atoms with van der Waals surface area (Å²) in [4.78, 5) is 0. The van der Waals surface area contributed by atoms with Crippen molar-refractivity contribution in [3.63, 3.8) is 0 Å². The monoisotopic (exact) mass is 214 g/mol. The molecule has 0 atom stereocenters. The molecule has 0 spiro atoms. The van der Waals surface area contributed by atoms with Crippen LogP contribution >= 0.6 is 24.8 Å². The van der Waals surface area contributed by atoms with Gasteiger partial charge in [0.2, 0.25) is 0 Å². The van der Waals surface area contributed by atoms with Gasteiger partial charge in [0.15, 0.2) is 0 Å². The van der Waals surface area contributed by atoms with Crippen molar-refractivity contribution in [2.45, 2.75) is 6.42 Å². The molecule has 0 aromatic carbocycles. The highest BCUT2D eigenvalue weighted by Gasteiger charge is 2.22. The van der Waals surface area contributed by atoms with Crippen molar-refractivity contribution < 1.29 is 4.74 Å². The van der Waals surface area contributed by atoms with Gasteiger partial charge in [-0.15, -0.1) is 24.8 Å². The Bertz CT molecular complexity index is 116. The Labute approximate surface area is 85.8 Å². The van der Waals surface area contributed by atoms with Crippen LogP contribution in [0.4, 0.5) is 0 Å². The lowest BCUT2D eigenvalue weighted by Gasteiger charge is -2.42. The van der Waals surface area contributed by atoms with Crippen LogP contribution in [0.3, 0.4) is 0 Å². The molecule has 0 N–H and O–H groups in total. The van der Waals surface area contributed by atoms with Gasteiger partial charge in [-0.1, -0.05) is 0 Å². The molecule has 2 fully saturated rings. The summed E-state index contributed by atoms with van der Waals surface area (Å²) in [5.74, 6) is 0. The van der Waals surface area contributed by atoms with E-state index in [4.69, 9.17) is 4.74 Å². The molecule has 0 aromatic heterocycles. The summed E-state index contributed by atoms with van der Waals surface area (Å²) in [6.07, 6.45) is 1.37. The molecule has 3 nitrogen and oxygen atoms in total. The Hall–Kier alpha value is 0.460. The van der Waals surface area contributed by atoms with Crippen LogP contribution in [-0.2, 0) is 4.74 Å². The van der Waals surface area contributed by atoms with Gasteiger partial charge in [-0.2, -0.15) is 0 Å². The van der Waals surface area contributed by atoms with Gasteiger partial charge in [0, 0.05) is 26.2 Å². The van der Waals surface area contributed by atoms with E-state index >= 15 is 0 Å². The van der Waals surface area contributed by atoms with E-state index in [0.29, 0.717) is 0 Å². The van der Waals surface area contributed by atoms with Gasteiger partial charge in [0.05, 0.1) is 13.2 Å². The molecule has 0 aliphatic carbocycles. The third-order valence-corrected chi connectivity index (χ3v) is 2.22. The summed E-state index contributed by atoms with van der Waals surface area (Å²) in [7, 11) is 0. The Morgan fingerprint density at radius 1 is 0.750 bits per heavy atom. The number of morpholine rings is 1. The van der Waals surface area contributed by atoms with E-state index in [1.165, 1.54) is 19.5 Å². The fourth-order valence-corrected chi connectivity index (χ4v) is 1.42. The van der Waals surface area contributed by atoms with E-state index in [1.807, 2.05) is 0 Å². The lowest BCUT2D eigenvalue weighted by atomic mass is 10.3. The van der Waals surface area contributed by atoms with Crippen molar-refractivity contribution >= 4 is 24.8 Å². The predicted octanol–water partition coefficient (Wildman–Crippen LogP) is 0.783. The third-order valence-electron chi connectivity index (χ3n) is 2.22. The molecular formula is C7H16Cl2N2O. The maximum atomic E-state index is 5.25. The first-order valence-corrected chi connectivity index (χ1v) is 4.04. The van der Waals surface area contributed by atoms with Gasteiger partial charge >= 0.3 is 0 Å². The number of nitrogens with zero attached hydrogens (tertiary/aromatic N) is 2. The maximum Gasteiger partial charge on any atom is 0.0608 e. The van der Waals surface area contributed by atoms with Crippen molar-refractivity contribution in [2.24, 2.45) is 0 Å². The minimum Gasteiger partial charge on any atom is -0.379 e. The molecule has 0 radical (unpaired) electrons. The first-order valence-electron chi connectivity index (χ1n) is 4.04. The highest BCUT2D eigenvalue weighted by molar-refractivity contribution is 5.85. The van der Waals surface area contributed by atoms with Crippen LogP contribution in [0.2, 0.25) is 0 Å². The zero-order chi connectivity index (χ0) is 6.81. The smallest absolute Gasteiger partial charge is 0.0608 e. The fraction of sp³-hybridized carbons (Fsp3) is 1.00. The predicted molar refractivity (Wildman–Crippen MR) is 53.1 cm³/mol. The maximum absolute atomic E-state index is 5.25. The van der Waals surface area contributed by atoms with Crippen LogP contribution in [-0.4, -0.2) is 49.4 Å². The first-order chi connectivity index (χ1) is 4.97. The van der Waals surface area contributed by atoms with E-state index < -0.39 is 0 Å². The molecular weight excluding hydrogens is 199 g/mol. The summed E-state index contributed by atoms with van der Waals surface area (Å²) in [5.41, 5.74) is 0. The molecule has 0 bridgehead atoms. The average Bonchev–Trinajstić information content (AvgIpc) is 1.86. The number of hydrogen-bond donors (Lipinski definition) is 0. The van der Waals surface area contributed by atoms with Gasteiger partial charge in [-0.25, -0.2) is 10.0 Å². The molecule has 5 heteroatoms. The molecule has 0 amide bonds. The molecule has 12 heavy (non-hydrogen) atoms. The van der Waals surface area contributed by atoms with Crippen molar-refractivity contribution in [1.29, 1.82) is 0 Å². The molecule has 2 rings (SSSR count). The highest BCUT2D eigenvalue weighted by Crippen LogP contribution is 2.11. The van der Waals surface area contributed by atoms with E-state index in [2.05, 4.69) is 10.0 Å². The zero-order valence-corrected chi connectivity index (χ0v) is 8.70. The highest BCUT2D eigenvalue weighted by atomic mass is 35.5. The molecule has 2 heterocycles. The number of ether oxygens (including phenoxy) is 1. The second-order valence-corrected chi connectivity index (χ2v) is 2.87. The lowest BCUT2D eigenvalue weighted by molar-refractivity contribution is -0.120.